The molecule has 0 saturated carbocycles. The number of imidazole rings is 1. The highest BCUT2D eigenvalue weighted by molar-refractivity contribution is 5.77. The fourth-order valence-corrected chi connectivity index (χ4v) is 3.23. The zero-order valence-electron chi connectivity index (χ0n) is 16.1. The molecule has 0 fully saturated rings. The van der Waals surface area contributed by atoms with Crippen LogP contribution >= 0.6 is 0 Å². The van der Waals surface area contributed by atoms with Crippen LogP contribution < -0.4 is 5.32 Å². The van der Waals surface area contributed by atoms with E-state index in [0.717, 1.165) is 28.9 Å². The summed E-state index contributed by atoms with van der Waals surface area (Å²) in [6, 6.07) is 10.5. The summed E-state index contributed by atoms with van der Waals surface area (Å²) in [6.07, 6.45) is 4.93. The van der Waals surface area contributed by atoms with Gasteiger partial charge >= 0.3 is 0 Å². The Morgan fingerprint density at radius 2 is 2.07 bits per heavy atom. The Hall–Kier alpha value is -2.69. The van der Waals surface area contributed by atoms with Gasteiger partial charge in [-0.1, -0.05) is 26.0 Å². The number of hydrogen-bond donors (Lipinski definition) is 1. The van der Waals surface area contributed by atoms with Gasteiger partial charge in [-0.3, -0.25) is 4.79 Å². The molecule has 0 radical (unpaired) electrons. The van der Waals surface area contributed by atoms with Gasteiger partial charge in [0, 0.05) is 31.3 Å². The third-order valence-corrected chi connectivity index (χ3v) is 4.74. The van der Waals surface area contributed by atoms with Crippen molar-refractivity contribution in [3.05, 3.63) is 71.4 Å². The molecule has 0 aliphatic carbocycles. The number of halogens is 1. The van der Waals surface area contributed by atoms with Crippen LogP contribution in [0.25, 0.3) is 5.65 Å². The van der Waals surface area contributed by atoms with E-state index in [2.05, 4.69) is 24.1 Å². The molecule has 3 aromatic rings. The molecule has 3 rings (SSSR count). The molecular formula is C22H26FN3O. The summed E-state index contributed by atoms with van der Waals surface area (Å²) in [4.78, 5) is 17.0. The van der Waals surface area contributed by atoms with Gasteiger partial charge < -0.3 is 9.72 Å². The minimum atomic E-state index is -0.303. The zero-order valence-corrected chi connectivity index (χ0v) is 16.1. The Labute approximate surface area is 159 Å². The number of benzene rings is 1. The lowest BCUT2D eigenvalue weighted by atomic mass is 9.92. The molecule has 0 aliphatic rings. The molecular weight excluding hydrogens is 341 g/mol. The third-order valence-electron chi connectivity index (χ3n) is 4.74. The second-order valence-corrected chi connectivity index (χ2v) is 7.46. The summed E-state index contributed by atoms with van der Waals surface area (Å²) < 4.78 is 15.8. The van der Waals surface area contributed by atoms with E-state index in [9.17, 15) is 9.18 Å². The van der Waals surface area contributed by atoms with Crippen LogP contribution in [-0.4, -0.2) is 21.8 Å². The number of aryl methyl sites for hydroxylation is 1. The summed E-state index contributed by atoms with van der Waals surface area (Å²) >= 11 is 0. The van der Waals surface area contributed by atoms with Crippen molar-refractivity contribution in [1.82, 2.24) is 14.7 Å². The van der Waals surface area contributed by atoms with E-state index in [1.807, 2.05) is 35.7 Å². The highest BCUT2D eigenvalue weighted by Crippen LogP contribution is 2.29. The Bertz CT molecular complexity index is 932. The van der Waals surface area contributed by atoms with E-state index in [4.69, 9.17) is 0 Å². The molecule has 2 heterocycles. The molecule has 2 aromatic heterocycles. The van der Waals surface area contributed by atoms with Gasteiger partial charge in [-0.2, -0.15) is 0 Å². The molecule has 5 heteroatoms. The molecule has 0 aliphatic heterocycles. The maximum Gasteiger partial charge on any atom is 0.221 e. The van der Waals surface area contributed by atoms with Crippen molar-refractivity contribution in [2.75, 3.05) is 6.54 Å². The third kappa shape index (κ3) is 4.73. The number of rotatable bonds is 7. The summed E-state index contributed by atoms with van der Waals surface area (Å²) in [7, 11) is 0. The van der Waals surface area contributed by atoms with Crippen LogP contribution in [0.5, 0.6) is 0 Å². The van der Waals surface area contributed by atoms with Gasteiger partial charge in [0.2, 0.25) is 5.91 Å². The Balaban J connectivity index is 1.91. The minimum Gasteiger partial charge on any atom is -0.356 e. The highest BCUT2D eigenvalue weighted by atomic mass is 19.1. The molecule has 0 saturated heterocycles. The Morgan fingerprint density at radius 3 is 2.81 bits per heavy atom. The van der Waals surface area contributed by atoms with E-state index in [-0.39, 0.29) is 24.1 Å². The van der Waals surface area contributed by atoms with E-state index >= 15 is 0 Å². The number of hydrogen-bond acceptors (Lipinski definition) is 2. The van der Waals surface area contributed by atoms with Crippen LogP contribution in [0.1, 0.15) is 49.4 Å². The van der Waals surface area contributed by atoms with Gasteiger partial charge in [0.15, 0.2) is 0 Å². The SMILES string of the molecule is Cc1ccn2c(C(CC(=O)NCCC(C)C)c3cccc(F)c3)cnc2c1. The van der Waals surface area contributed by atoms with Gasteiger partial charge in [-0.15, -0.1) is 0 Å². The van der Waals surface area contributed by atoms with Gasteiger partial charge in [0.1, 0.15) is 11.5 Å². The molecule has 1 N–H and O–H groups in total. The maximum absolute atomic E-state index is 13.8. The number of carbonyl (C=O) groups is 1. The molecule has 27 heavy (non-hydrogen) atoms. The summed E-state index contributed by atoms with van der Waals surface area (Å²) in [5.41, 5.74) is 3.60. The molecule has 0 bridgehead atoms. The van der Waals surface area contributed by atoms with Crippen LogP contribution in [0.2, 0.25) is 0 Å². The minimum absolute atomic E-state index is 0.0352. The number of nitrogens with zero attached hydrogens (tertiary/aromatic N) is 2. The molecule has 1 unspecified atom stereocenters. The number of fused-ring (bicyclic) bond motifs is 1. The highest BCUT2D eigenvalue weighted by Gasteiger charge is 2.22. The first-order valence-electron chi connectivity index (χ1n) is 9.40. The molecule has 1 atom stereocenters. The summed E-state index contributed by atoms with van der Waals surface area (Å²) in [5.74, 6) is -0.0712. The van der Waals surface area contributed by atoms with Gasteiger partial charge in [-0.05, 0) is 54.7 Å². The van der Waals surface area contributed by atoms with E-state index in [1.54, 1.807) is 12.3 Å². The lowest BCUT2D eigenvalue weighted by Crippen LogP contribution is -2.27. The summed E-state index contributed by atoms with van der Waals surface area (Å²) in [6.45, 7) is 6.92. The standard InChI is InChI=1S/C22H26FN3O/c1-15(2)7-9-24-22(27)13-19(17-5-4-6-18(23)12-17)20-14-25-21-11-16(3)8-10-26(20)21/h4-6,8,10-12,14-15,19H,7,9,13H2,1-3H3,(H,24,27). The predicted molar refractivity (Wildman–Crippen MR) is 105 cm³/mol. The normalized spacial score (nSPS) is 12.5. The zero-order chi connectivity index (χ0) is 19.4. The van der Waals surface area contributed by atoms with Crippen molar-refractivity contribution in [1.29, 1.82) is 0 Å². The van der Waals surface area contributed by atoms with Crippen molar-refractivity contribution in [3.8, 4) is 0 Å². The first kappa shape index (κ1) is 19.1. The smallest absolute Gasteiger partial charge is 0.221 e. The molecule has 142 valence electrons. The fourth-order valence-electron chi connectivity index (χ4n) is 3.23. The number of carbonyl (C=O) groups excluding carboxylic acids is 1. The number of aromatic nitrogens is 2. The predicted octanol–water partition coefficient (Wildman–Crippen LogP) is 4.47. The average molecular weight is 367 g/mol. The van der Waals surface area contributed by atoms with E-state index in [1.165, 1.54) is 12.1 Å². The first-order chi connectivity index (χ1) is 12.9. The van der Waals surface area contributed by atoms with Crippen LogP contribution in [0.15, 0.2) is 48.8 Å². The topological polar surface area (TPSA) is 46.4 Å². The lowest BCUT2D eigenvalue weighted by Gasteiger charge is -2.18. The van der Waals surface area contributed by atoms with Gasteiger partial charge in [0.05, 0.1) is 5.69 Å². The molecule has 1 aromatic carbocycles. The van der Waals surface area contributed by atoms with E-state index in [0.29, 0.717) is 12.5 Å². The fraction of sp³-hybridized carbons (Fsp3) is 0.364. The Morgan fingerprint density at radius 1 is 1.26 bits per heavy atom. The Kier molecular flexibility index (Phi) is 5.89. The van der Waals surface area contributed by atoms with Crippen LogP contribution in [0.4, 0.5) is 4.39 Å². The van der Waals surface area contributed by atoms with Gasteiger partial charge in [0.25, 0.3) is 0 Å². The van der Waals surface area contributed by atoms with Crippen molar-refractivity contribution in [2.24, 2.45) is 5.92 Å². The van der Waals surface area contributed by atoms with Gasteiger partial charge in [-0.25, -0.2) is 9.37 Å². The van der Waals surface area contributed by atoms with Crippen LogP contribution in [0.3, 0.4) is 0 Å². The molecule has 1 amide bonds. The number of amides is 1. The lowest BCUT2D eigenvalue weighted by molar-refractivity contribution is -0.121. The van der Waals surface area contributed by atoms with Crippen molar-refractivity contribution >= 4 is 11.6 Å². The summed E-state index contributed by atoms with van der Waals surface area (Å²) in [5, 5.41) is 2.99. The van der Waals surface area contributed by atoms with E-state index < -0.39 is 0 Å². The number of nitrogens with one attached hydrogen (secondary N) is 1. The van der Waals surface area contributed by atoms with Crippen molar-refractivity contribution in [3.63, 3.8) is 0 Å². The average Bonchev–Trinajstić information content (AvgIpc) is 3.02. The van der Waals surface area contributed by atoms with Crippen molar-refractivity contribution < 1.29 is 9.18 Å². The monoisotopic (exact) mass is 367 g/mol. The van der Waals surface area contributed by atoms with Crippen LogP contribution in [-0.2, 0) is 4.79 Å². The second kappa shape index (κ2) is 8.33. The largest absolute Gasteiger partial charge is 0.356 e. The van der Waals surface area contributed by atoms with Crippen molar-refractivity contribution in [2.45, 2.75) is 39.5 Å². The maximum atomic E-state index is 13.8. The number of pyridine rings is 1. The quantitative estimate of drug-likeness (QED) is 0.670. The molecule has 0 spiro atoms. The van der Waals surface area contributed by atoms with Crippen LogP contribution in [0, 0.1) is 18.7 Å². The molecule has 4 nitrogen and oxygen atoms in total. The second-order valence-electron chi connectivity index (χ2n) is 7.46. The first-order valence-corrected chi connectivity index (χ1v) is 9.40.